The van der Waals surface area contributed by atoms with E-state index in [2.05, 4.69) is 27.7 Å². The molecule has 0 aromatic carbocycles. The monoisotopic (exact) mass is 338 g/mol. The summed E-state index contributed by atoms with van der Waals surface area (Å²) in [7, 11) is 0. The molecule has 138 valence electrons. The third kappa shape index (κ3) is 7.06. The van der Waals surface area contributed by atoms with Gasteiger partial charge < -0.3 is 9.84 Å². The Morgan fingerprint density at radius 1 is 1.08 bits per heavy atom. The summed E-state index contributed by atoms with van der Waals surface area (Å²) in [6, 6.07) is 0. The zero-order valence-corrected chi connectivity index (χ0v) is 15.9. The molecule has 1 fully saturated rings. The van der Waals surface area contributed by atoms with Gasteiger partial charge in [0.25, 0.3) is 0 Å². The molecule has 0 aliphatic heterocycles. The predicted molar refractivity (Wildman–Crippen MR) is 95.7 cm³/mol. The van der Waals surface area contributed by atoms with Crippen molar-refractivity contribution >= 4 is 11.9 Å². The maximum absolute atomic E-state index is 11.9. The molecule has 1 aliphatic carbocycles. The Balaban J connectivity index is 2.62. The summed E-state index contributed by atoms with van der Waals surface area (Å²) in [5.74, 6) is -0.343. The van der Waals surface area contributed by atoms with Crippen LogP contribution in [0.3, 0.4) is 0 Å². The first-order valence-corrected chi connectivity index (χ1v) is 9.19. The number of carboxylic acids is 1. The van der Waals surface area contributed by atoms with Gasteiger partial charge in [-0.05, 0) is 49.9 Å². The van der Waals surface area contributed by atoms with E-state index in [-0.39, 0.29) is 0 Å². The van der Waals surface area contributed by atoms with E-state index < -0.39 is 17.5 Å². The number of esters is 1. The molecule has 1 saturated carbocycles. The van der Waals surface area contributed by atoms with Crippen molar-refractivity contribution in [1.29, 1.82) is 0 Å². The second kappa shape index (κ2) is 8.68. The van der Waals surface area contributed by atoms with Crippen LogP contribution in [0, 0.1) is 17.3 Å². The lowest BCUT2D eigenvalue weighted by Gasteiger charge is -2.40. The quantitative estimate of drug-likeness (QED) is 0.526. The lowest BCUT2D eigenvalue weighted by Crippen LogP contribution is -2.35. The molecule has 0 aromatic rings. The molecule has 0 radical (unpaired) electrons. The van der Waals surface area contributed by atoms with E-state index >= 15 is 0 Å². The summed E-state index contributed by atoms with van der Waals surface area (Å²) < 4.78 is 5.64. The van der Waals surface area contributed by atoms with E-state index in [0.29, 0.717) is 11.3 Å². The van der Waals surface area contributed by atoms with Crippen molar-refractivity contribution in [2.45, 2.75) is 85.2 Å². The average molecular weight is 338 g/mol. The first kappa shape index (κ1) is 20.7. The first-order valence-electron chi connectivity index (χ1n) is 9.19. The van der Waals surface area contributed by atoms with Gasteiger partial charge in [-0.2, -0.15) is 0 Å². The number of carbonyl (C=O) groups is 2. The Bertz CT molecular complexity index is 453. The second-order valence-electron chi connectivity index (χ2n) is 8.58. The van der Waals surface area contributed by atoms with Crippen LogP contribution in [0.1, 0.15) is 79.6 Å². The summed E-state index contributed by atoms with van der Waals surface area (Å²) in [4.78, 5) is 22.4. The smallest absolute Gasteiger partial charge is 0.331 e. The van der Waals surface area contributed by atoms with Crippen LogP contribution in [0.25, 0.3) is 0 Å². The molecule has 1 aliphatic rings. The van der Waals surface area contributed by atoms with Crippen molar-refractivity contribution in [3.8, 4) is 0 Å². The number of hydrogen-bond donors (Lipinski definition) is 1. The third-order valence-corrected chi connectivity index (χ3v) is 5.28. The van der Waals surface area contributed by atoms with E-state index in [0.717, 1.165) is 37.3 Å². The van der Waals surface area contributed by atoms with Gasteiger partial charge in [-0.25, -0.2) is 9.59 Å². The summed E-state index contributed by atoms with van der Waals surface area (Å²) in [5, 5.41) is 8.62. The SMILES string of the molecule is CCCC(C)(CC1CCC(C(C)(C)C)CC1)OC(=O)/C=C/C(=O)O. The van der Waals surface area contributed by atoms with Gasteiger partial charge in [-0.1, -0.05) is 47.0 Å². The van der Waals surface area contributed by atoms with Gasteiger partial charge in [0.2, 0.25) is 0 Å². The molecule has 0 spiro atoms. The van der Waals surface area contributed by atoms with E-state index in [4.69, 9.17) is 9.84 Å². The van der Waals surface area contributed by atoms with Crippen LogP contribution in [0.5, 0.6) is 0 Å². The topological polar surface area (TPSA) is 63.6 Å². The van der Waals surface area contributed by atoms with Crippen LogP contribution in [0.15, 0.2) is 12.2 Å². The van der Waals surface area contributed by atoms with E-state index in [9.17, 15) is 9.59 Å². The number of carboxylic acid groups (broad SMARTS) is 1. The molecule has 1 unspecified atom stereocenters. The van der Waals surface area contributed by atoms with E-state index in [1.165, 1.54) is 25.7 Å². The normalized spacial score (nSPS) is 24.5. The fraction of sp³-hybridized carbons (Fsp3) is 0.800. The molecule has 0 heterocycles. The Morgan fingerprint density at radius 2 is 1.67 bits per heavy atom. The molecular weight excluding hydrogens is 304 g/mol. The van der Waals surface area contributed by atoms with Gasteiger partial charge in [0.1, 0.15) is 5.60 Å². The third-order valence-electron chi connectivity index (χ3n) is 5.28. The Labute approximate surface area is 146 Å². The van der Waals surface area contributed by atoms with Crippen molar-refractivity contribution < 1.29 is 19.4 Å². The van der Waals surface area contributed by atoms with Gasteiger partial charge >= 0.3 is 11.9 Å². The molecule has 4 nitrogen and oxygen atoms in total. The summed E-state index contributed by atoms with van der Waals surface area (Å²) in [6.07, 6.45) is 9.29. The molecule has 1 N–H and O–H groups in total. The highest BCUT2D eigenvalue weighted by Crippen LogP contribution is 2.42. The van der Waals surface area contributed by atoms with Crippen LogP contribution < -0.4 is 0 Å². The zero-order valence-electron chi connectivity index (χ0n) is 15.9. The highest BCUT2D eigenvalue weighted by Gasteiger charge is 2.35. The lowest BCUT2D eigenvalue weighted by molar-refractivity contribution is -0.155. The maximum atomic E-state index is 11.9. The maximum Gasteiger partial charge on any atom is 0.331 e. The van der Waals surface area contributed by atoms with Crippen LogP contribution in [0.2, 0.25) is 0 Å². The molecule has 24 heavy (non-hydrogen) atoms. The highest BCUT2D eigenvalue weighted by atomic mass is 16.6. The van der Waals surface area contributed by atoms with Crippen LogP contribution in [0.4, 0.5) is 0 Å². The fourth-order valence-electron chi connectivity index (χ4n) is 3.98. The van der Waals surface area contributed by atoms with Gasteiger partial charge in [-0.3, -0.25) is 0 Å². The Hall–Kier alpha value is -1.32. The minimum Gasteiger partial charge on any atom is -0.478 e. The van der Waals surface area contributed by atoms with Gasteiger partial charge in [0, 0.05) is 12.2 Å². The standard InChI is InChI=1S/C20H34O4/c1-6-13-20(5,24-18(23)12-11-17(21)22)14-15-7-9-16(10-8-15)19(2,3)4/h11-12,15-16H,6-10,13-14H2,1-5H3,(H,21,22)/b12-11+. The van der Waals surface area contributed by atoms with Gasteiger partial charge in [0.15, 0.2) is 0 Å². The van der Waals surface area contributed by atoms with Gasteiger partial charge in [-0.15, -0.1) is 0 Å². The minimum absolute atomic E-state index is 0.367. The second-order valence-corrected chi connectivity index (χ2v) is 8.58. The minimum atomic E-state index is -1.13. The van der Waals surface area contributed by atoms with Crippen molar-refractivity contribution in [2.24, 2.45) is 17.3 Å². The molecule has 1 atom stereocenters. The molecule has 0 amide bonds. The van der Waals surface area contributed by atoms with Crippen LogP contribution in [-0.2, 0) is 14.3 Å². The zero-order chi connectivity index (χ0) is 18.4. The van der Waals surface area contributed by atoms with E-state index in [1.807, 2.05) is 6.92 Å². The summed E-state index contributed by atoms with van der Waals surface area (Å²) in [6.45, 7) is 11.0. The van der Waals surface area contributed by atoms with Gasteiger partial charge in [0.05, 0.1) is 0 Å². The Kier molecular flexibility index (Phi) is 7.50. The van der Waals surface area contributed by atoms with E-state index in [1.54, 1.807) is 0 Å². The first-order chi connectivity index (χ1) is 11.1. The number of ether oxygens (including phenoxy) is 1. The molecule has 0 bridgehead atoms. The lowest BCUT2D eigenvalue weighted by atomic mass is 9.68. The number of aliphatic carboxylic acids is 1. The number of rotatable bonds is 7. The number of carbonyl (C=O) groups excluding carboxylic acids is 1. The number of hydrogen-bond acceptors (Lipinski definition) is 3. The summed E-state index contributed by atoms with van der Waals surface area (Å²) in [5.41, 5.74) is -0.139. The van der Waals surface area contributed by atoms with Crippen molar-refractivity contribution in [1.82, 2.24) is 0 Å². The average Bonchev–Trinajstić information content (AvgIpc) is 2.44. The van der Waals surface area contributed by atoms with Crippen LogP contribution >= 0.6 is 0 Å². The largest absolute Gasteiger partial charge is 0.478 e. The van der Waals surface area contributed by atoms with Crippen molar-refractivity contribution in [3.05, 3.63) is 12.2 Å². The molecule has 1 rings (SSSR count). The molecule has 0 saturated heterocycles. The van der Waals surface area contributed by atoms with Crippen molar-refractivity contribution in [3.63, 3.8) is 0 Å². The highest BCUT2D eigenvalue weighted by molar-refractivity contribution is 5.90. The molecule has 4 heteroatoms. The predicted octanol–water partition coefficient (Wildman–Crippen LogP) is 4.97. The van der Waals surface area contributed by atoms with Crippen LogP contribution in [-0.4, -0.2) is 22.6 Å². The van der Waals surface area contributed by atoms with Crippen molar-refractivity contribution in [2.75, 3.05) is 0 Å². The Morgan fingerprint density at radius 3 is 2.12 bits per heavy atom. The molecular formula is C20H34O4. The molecule has 0 aromatic heterocycles. The summed E-state index contributed by atoms with van der Waals surface area (Å²) >= 11 is 0. The fourth-order valence-corrected chi connectivity index (χ4v) is 3.98.